The van der Waals surface area contributed by atoms with E-state index in [0.717, 1.165) is 88.5 Å². The van der Waals surface area contributed by atoms with Gasteiger partial charge in [0.25, 0.3) is 0 Å². The van der Waals surface area contributed by atoms with Crippen molar-refractivity contribution >= 4 is 43.6 Å². The zero-order chi connectivity index (χ0) is 30.5. The summed E-state index contributed by atoms with van der Waals surface area (Å²) in [6, 6.07) is 52.6. The average Bonchev–Trinajstić information content (AvgIpc) is 3.14. The number of rotatable bonds is 4. The molecular weight excluding hydrogens is 560 g/mol. The standard InChI is InChI=1S/C42H26N4/c1-2-6-27(7-3-1)36-20-17-28-11-15-32(25-39(28)44-36)33-16-12-29-18-21-37(45-40(29)26-33)34-8-4-9-35(24-34)38-22-19-31-14-13-30-10-5-23-43-41(30)42(31)46-38/h1-26H. The Morgan fingerprint density at radius 3 is 1.50 bits per heavy atom. The lowest BCUT2D eigenvalue weighted by atomic mass is 10.0. The summed E-state index contributed by atoms with van der Waals surface area (Å²) in [6.45, 7) is 0. The molecule has 0 amide bonds. The molecule has 4 nitrogen and oxygen atoms in total. The summed E-state index contributed by atoms with van der Waals surface area (Å²) in [5.41, 5.74) is 12.0. The van der Waals surface area contributed by atoms with Crippen molar-refractivity contribution in [3.05, 3.63) is 158 Å². The monoisotopic (exact) mass is 586 g/mol. The van der Waals surface area contributed by atoms with E-state index in [1.165, 1.54) is 0 Å². The molecule has 214 valence electrons. The second kappa shape index (κ2) is 10.7. The first-order chi connectivity index (χ1) is 22.7. The summed E-state index contributed by atoms with van der Waals surface area (Å²) in [5.74, 6) is 0. The highest BCUT2D eigenvalue weighted by Gasteiger charge is 2.10. The molecule has 0 N–H and O–H groups in total. The second-order valence-electron chi connectivity index (χ2n) is 11.6. The molecule has 0 aliphatic carbocycles. The number of pyridine rings is 4. The molecular formula is C42H26N4. The maximum atomic E-state index is 5.13. The van der Waals surface area contributed by atoms with Gasteiger partial charge in [-0.3, -0.25) is 4.98 Å². The molecule has 0 radical (unpaired) electrons. The topological polar surface area (TPSA) is 51.6 Å². The first kappa shape index (κ1) is 26.2. The predicted molar refractivity (Wildman–Crippen MR) is 189 cm³/mol. The van der Waals surface area contributed by atoms with E-state index in [1.54, 1.807) is 0 Å². The smallest absolute Gasteiger partial charge is 0.0972 e. The number of benzene rings is 5. The van der Waals surface area contributed by atoms with Gasteiger partial charge in [0.1, 0.15) is 0 Å². The van der Waals surface area contributed by atoms with Crippen LogP contribution in [-0.2, 0) is 0 Å². The lowest BCUT2D eigenvalue weighted by Crippen LogP contribution is -1.90. The molecule has 0 aliphatic rings. The number of hydrogen-bond donors (Lipinski definition) is 0. The summed E-state index contributed by atoms with van der Waals surface area (Å²) in [4.78, 5) is 19.8. The van der Waals surface area contributed by atoms with E-state index >= 15 is 0 Å². The molecule has 4 aromatic heterocycles. The summed E-state index contributed by atoms with van der Waals surface area (Å²) < 4.78 is 0. The summed E-state index contributed by atoms with van der Waals surface area (Å²) >= 11 is 0. The van der Waals surface area contributed by atoms with Crippen LogP contribution in [0.1, 0.15) is 0 Å². The van der Waals surface area contributed by atoms with Crippen LogP contribution in [0.25, 0.3) is 88.5 Å². The van der Waals surface area contributed by atoms with Gasteiger partial charge in [0, 0.05) is 44.4 Å². The number of nitrogens with zero attached hydrogens (tertiary/aromatic N) is 4. The van der Waals surface area contributed by atoms with Crippen molar-refractivity contribution in [3.63, 3.8) is 0 Å². The van der Waals surface area contributed by atoms with Crippen LogP contribution >= 0.6 is 0 Å². The third-order valence-corrected chi connectivity index (χ3v) is 8.67. The van der Waals surface area contributed by atoms with Gasteiger partial charge in [-0.15, -0.1) is 0 Å². The van der Waals surface area contributed by atoms with Crippen LogP contribution in [0.2, 0.25) is 0 Å². The summed E-state index contributed by atoms with van der Waals surface area (Å²) in [5, 5.41) is 4.39. The number of fused-ring (bicyclic) bond motifs is 5. The third kappa shape index (κ3) is 4.64. The first-order valence-electron chi connectivity index (χ1n) is 15.4. The lowest BCUT2D eigenvalue weighted by Gasteiger charge is -2.10. The Balaban J connectivity index is 1.08. The molecule has 4 heterocycles. The van der Waals surface area contributed by atoms with Gasteiger partial charge in [-0.25, -0.2) is 15.0 Å². The van der Waals surface area contributed by atoms with E-state index in [-0.39, 0.29) is 0 Å². The highest BCUT2D eigenvalue weighted by molar-refractivity contribution is 6.03. The van der Waals surface area contributed by atoms with Gasteiger partial charge in [-0.1, -0.05) is 109 Å². The second-order valence-corrected chi connectivity index (χ2v) is 11.6. The molecule has 0 saturated carbocycles. The molecule has 0 atom stereocenters. The minimum Gasteiger partial charge on any atom is -0.254 e. The maximum Gasteiger partial charge on any atom is 0.0972 e. The van der Waals surface area contributed by atoms with Gasteiger partial charge in [-0.05, 0) is 53.6 Å². The molecule has 0 spiro atoms. The van der Waals surface area contributed by atoms with Crippen LogP contribution in [0.5, 0.6) is 0 Å². The Morgan fingerprint density at radius 2 is 0.826 bits per heavy atom. The van der Waals surface area contributed by atoms with Crippen LogP contribution in [0.3, 0.4) is 0 Å². The lowest BCUT2D eigenvalue weighted by molar-refractivity contribution is 1.36. The first-order valence-corrected chi connectivity index (χ1v) is 15.4. The Labute approximate surface area is 265 Å². The van der Waals surface area contributed by atoms with Gasteiger partial charge in [0.05, 0.1) is 39.1 Å². The molecule has 46 heavy (non-hydrogen) atoms. The van der Waals surface area contributed by atoms with Gasteiger partial charge in [0.15, 0.2) is 0 Å². The molecule has 0 saturated heterocycles. The normalized spacial score (nSPS) is 11.5. The highest BCUT2D eigenvalue weighted by Crippen LogP contribution is 2.31. The quantitative estimate of drug-likeness (QED) is 0.193. The van der Waals surface area contributed by atoms with Crippen LogP contribution in [-0.4, -0.2) is 19.9 Å². The van der Waals surface area contributed by atoms with Crippen molar-refractivity contribution in [2.24, 2.45) is 0 Å². The molecule has 5 aromatic carbocycles. The fourth-order valence-electron chi connectivity index (χ4n) is 6.25. The SMILES string of the molecule is c1ccc(-c2ccc3ccc(-c4ccc5ccc(-c6cccc(-c7ccc8ccc9cccnc9c8n7)c6)nc5c4)cc3n2)cc1. The van der Waals surface area contributed by atoms with E-state index in [0.29, 0.717) is 0 Å². The Hall–Kier alpha value is -6.26. The van der Waals surface area contributed by atoms with Crippen LogP contribution in [0, 0.1) is 0 Å². The van der Waals surface area contributed by atoms with Crippen molar-refractivity contribution in [1.82, 2.24) is 19.9 Å². The van der Waals surface area contributed by atoms with Crippen molar-refractivity contribution in [1.29, 1.82) is 0 Å². The van der Waals surface area contributed by atoms with Gasteiger partial charge < -0.3 is 0 Å². The third-order valence-electron chi connectivity index (χ3n) is 8.67. The van der Waals surface area contributed by atoms with Crippen LogP contribution in [0.4, 0.5) is 0 Å². The Morgan fingerprint density at radius 1 is 0.304 bits per heavy atom. The Bertz CT molecular complexity index is 2590. The molecule has 9 aromatic rings. The van der Waals surface area contributed by atoms with E-state index in [4.69, 9.17) is 15.0 Å². The van der Waals surface area contributed by atoms with Crippen LogP contribution in [0.15, 0.2) is 158 Å². The number of hydrogen-bond acceptors (Lipinski definition) is 4. The van der Waals surface area contributed by atoms with Gasteiger partial charge >= 0.3 is 0 Å². The molecule has 4 heteroatoms. The van der Waals surface area contributed by atoms with Crippen molar-refractivity contribution < 1.29 is 0 Å². The molecule has 0 aliphatic heterocycles. The largest absolute Gasteiger partial charge is 0.254 e. The molecule has 0 unspecified atom stereocenters. The highest BCUT2D eigenvalue weighted by atomic mass is 14.8. The van der Waals surface area contributed by atoms with E-state index in [9.17, 15) is 0 Å². The predicted octanol–water partition coefficient (Wildman–Crippen LogP) is 10.5. The van der Waals surface area contributed by atoms with Crippen LogP contribution < -0.4 is 0 Å². The maximum absolute atomic E-state index is 5.13. The zero-order valence-electron chi connectivity index (χ0n) is 24.8. The Kier molecular flexibility index (Phi) is 6.10. The van der Waals surface area contributed by atoms with Crippen molar-refractivity contribution in [3.8, 4) is 44.9 Å². The summed E-state index contributed by atoms with van der Waals surface area (Å²) in [7, 11) is 0. The average molecular weight is 587 g/mol. The molecule has 0 fully saturated rings. The molecule has 0 bridgehead atoms. The minimum atomic E-state index is 0.913. The van der Waals surface area contributed by atoms with E-state index < -0.39 is 0 Å². The van der Waals surface area contributed by atoms with E-state index in [1.807, 2.05) is 30.5 Å². The molecule has 9 rings (SSSR count). The van der Waals surface area contributed by atoms with Gasteiger partial charge in [-0.2, -0.15) is 0 Å². The minimum absolute atomic E-state index is 0.913. The fraction of sp³-hybridized carbons (Fsp3) is 0. The zero-order valence-corrected chi connectivity index (χ0v) is 24.8. The van der Waals surface area contributed by atoms with Gasteiger partial charge in [0.2, 0.25) is 0 Å². The van der Waals surface area contributed by atoms with Crippen molar-refractivity contribution in [2.75, 3.05) is 0 Å². The fourth-order valence-corrected chi connectivity index (χ4v) is 6.25. The van der Waals surface area contributed by atoms with Crippen molar-refractivity contribution in [2.45, 2.75) is 0 Å². The number of aromatic nitrogens is 4. The summed E-state index contributed by atoms with van der Waals surface area (Å²) in [6.07, 6.45) is 1.83. The van der Waals surface area contributed by atoms with E-state index in [2.05, 4.69) is 132 Å².